The van der Waals surface area contributed by atoms with Gasteiger partial charge in [-0.05, 0) is 28.1 Å². The molecule has 92 valence electrons. The molecular formula is C11H9BrF2O3. The molecule has 0 unspecified atom stereocenters. The number of fused-ring (bicyclic) bond motifs is 1. The highest BCUT2D eigenvalue weighted by Crippen LogP contribution is 2.35. The molecule has 0 N–H and O–H groups in total. The molecule has 1 heterocycles. The number of halogens is 3. The quantitative estimate of drug-likeness (QED) is 0.788. The van der Waals surface area contributed by atoms with Gasteiger partial charge in [0, 0.05) is 16.5 Å². The van der Waals surface area contributed by atoms with E-state index in [0.29, 0.717) is 31.1 Å². The van der Waals surface area contributed by atoms with Crippen molar-refractivity contribution in [1.82, 2.24) is 0 Å². The number of carbonyl (C=O) groups excluding carboxylic acids is 1. The second-order valence-corrected chi connectivity index (χ2v) is 4.35. The molecule has 1 aromatic carbocycles. The van der Waals surface area contributed by atoms with E-state index in [1.165, 1.54) is 12.1 Å². The second-order valence-electron chi connectivity index (χ2n) is 3.49. The third kappa shape index (κ3) is 2.57. The SMILES string of the molecule is O=C(c1cc2c(cc1Br)OCCCO2)C(F)F. The van der Waals surface area contributed by atoms with E-state index < -0.39 is 12.2 Å². The topological polar surface area (TPSA) is 35.5 Å². The van der Waals surface area contributed by atoms with Gasteiger partial charge in [-0.1, -0.05) is 0 Å². The number of rotatable bonds is 2. The molecule has 0 radical (unpaired) electrons. The van der Waals surface area contributed by atoms with Crippen LogP contribution in [0.3, 0.4) is 0 Å². The van der Waals surface area contributed by atoms with Gasteiger partial charge in [0.05, 0.1) is 13.2 Å². The summed E-state index contributed by atoms with van der Waals surface area (Å²) in [4.78, 5) is 11.3. The average molecular weight is 307 g/mol. The molecular weight excluding hydrogens is 298 g/mol. The van der Waals surface area contributed by atoms with Crippen molar-refractivity contribution >= 4 is 21.7 Å². The first-order valence-corrected chi connectivity index (χ1v) is 5.80. The van der Waals surface area contributed by atoms with Crippen molar-refractivity contribution in [3.05, 3.63) is 22.2 Å². The first-order valence-electron chi connectivity index (χ1n) is 5.01. The van der Waals surface area contributed by atoms with Crippen LogP contribution < -0.4 is 9.47 Å². The van der Waals surface area contributed by atoms with E-state index in [0.717, 1.165) is 0 Å². The summed E-state index contributed by atoms with van der Waals surface area (Å²) in [6.45, 7) is 0.943. The lowest BCUT2D eigenvalue weighted by Crippen LogP contribution is -2.11. The maximum atomic E-state index is 12.4. The van der Waals surface area contributed by atoms with Gasteiger partial charge in [-0.2, -0.15) is 0 Å². The van der Waals surface area contributed by atoms with Gasteiger partial charge in [0.1, 0.15) is 0 Å². The minimum Gasteiger partial charge on any atom is -0.490 e. The van der Waals surface area contributed by atoms with E-state index in [9.17, 15) is 13.6 Å². The predicted octanol–water partition coefficient (Wildman–Crippen LogP) is 3.06. The Morgan fingerprint density at radius 3 is 2.41 bits per heavy atom. The van der Waals surface area contributed by atoms with E-state index in [-0.39, 0.29) is 10.0 Å². The minimum atomic E-state index is -3.03. The molecule has 0 aliphatic carbocycles. The van der Waals surface area contributed by atoms with Gasteiger partial charge in [-0.25, -0.2) is 8.78 Å². The molecule has 0 amide bonds. The summed E-state index contributed by atoms with van der Waals surface area (Å²) < 4.78 is 35.7. The van der Waals surface area contributed by atoms with Crippen molar-refractivity contribution < 1.29 is 23.0 Å². The predicted molar refractivity (Wildman–Crippen MR) is 60.1 cm³/mol. The third-order valence-corrected chi connectivity index (χ3v) is 2.96. The van der Waals surface area contributed by atoms with Crippen molar-refractivity contribution in [3.63, 3.8) is 0 Å². The number of ether oxygens (including phenoxy) is 2. The number of benzene rings is 1. The molecule has 3 nitrogen and oxygen atoms in total. The van der Waals surface area contributed by atoms with Crippen molar-refractivity contribution in [3.8, 4) is 11.5 Å². The van der Waals surface area contributed by atoms with Crippen molar-refractivity contribution in [1.29, 1.82) is 0 Å². The number of carbonyl (C=O) groups is 1. The van der Waals surface area contributed by atoms with Crippen LogP contribution in [-0.4, -0.2) is 25.4 Å². The Bertz CT molecular complexity index is 449. The van der Waals surface area contributed by atoms with Crippen LogP contribution in [0.5, 0.6) is 11.5 Å². The normalized spacial score (nSPS) is 14.6. The Hall–Kier alpha value is -1.17. The van der Waals surface area contributed by atoms with E-state index in [1.807, 2.05) is 0 Å². The summed E-state index contributed by atoms with van der Waals surface area (Å²) in [6.07, 6.45) is -2.32. The molecule has 0 saturated heterocycles. The fourth-order valence-corrected chi connectivity index (χ4v) is 2.01. The minimum absolute atomic E-state index is 0.0933. The number of alkyl halides is 2. The standard InChI is InChI=1S/C11H9BrF2O3/c12-7-5-9-8(16-2-1-3-17-9)4-6(7)10(15)11(13)14/h4-5,11H,1-3H2. The van der Waals surface area contributed by atoms with E-state index in [1.54, 1.807) is 0 Å². The van der Waals surface area contributed by atoms with Crippen LogP contribution in [0.15, 0.2) is 16.6 Å². The number of hydrogen-bond donors (Lipinski definition) is 0. The fraction of sp³-hybridized carbons (Fsp3) is 0.364. The monoisotopic (exact) mass is 306 g/mol. The molecule has 6 heteroatoms. The van der Waals surface area contributed by atoms with Crippen LogP contribution in [0.1, 0.15) is 16.8 Å². The zero-order valence-electron chi connectivity index (χ0n) is 8.71. The lowest BCUT2D eigenvalue weighted by molar-refractivity contribution is 0.0677. The Kier molecular flexibility index (Phi) is 3.61. The molecule has 17 heavy (non-hydrogen) atoms. The van der Waals surface area contributed by atoms with Gasteiger partial charge in [0.15, 0.2) is 11.5 Å². The third-order valence-electron chi connectivity index (χ3n) is 2.30. The van der Waals surface area contributed by atoms with Crippen LogP contribution in [-0.2, 0) is 0 Å². The van der Waals surface area contributed by atoms with Gasteiger partial charge < -0.3 is 9.47 Å². The first kappa shape index (κ1) is 12.3. The maximum absolute atomic E-state index is 12.4. The van der Waals surface area contributed by atoms with Gasteiger partial charge in [0.2, 0.25) is 5.78 Å². The summed E-state index contributed by atoms with van der Waals surface area (Å²) in [5.41, 5.74) is -0.0933. The summed E-state index contributed by atoms with van der Waals surface area (Å²) in [5.74, 6) is -0.442. The number of Topliss-reactive ketones (excluding diaryl/α,β-unsaturated/α-hetero) is 1. The second kappa shape index (κ2) is 5.00. The molecule has 0 aromatic heterocycles. The van der Waals surface area contributed by atoms with Gasteiger partial charge in [-0.15, -0.1) is 0 Å². The zero-order valence-corrected chi connectivity index (χ0v) is 10.3. The van der Waals surface area contributed by atoms with Crippen LogP contribution in [0.2, 0.25) is 0 Å². The molecule has 0 spiro atoms. The van der Waals surface area contributed by atoms with Crippen molar-refractivity contribution in [2.75, 3.05) is 13.2 Å². The lowest BCUT2D eigenvalue weighted by Gasteiger charge is -2.10. The maximum Gasteiger partial charge on any atom is 0.300 e. The Morgan fingerprint density at radius 1 is 1.24 bits per heavy atom. The molecule has 0 fully saturated rings. The van der Waals surface area contributed by atoms with Crippen LogP contribution in [0.25, 0.3) is 0 Å². The molecule has 0 saturated carbocycles. The summed E-state index contributed by atoms with van der Waals surface area (Å²) >= 11 is 3.08. The number of hydrogen-bond acceptors (Lipinski definition) is 3. The highest BCUT2D eigenvalue weighted by atomic mass is 79.9. The summed E-state index contributed by atoms with van der Waals surface area (Å²) in [5, 5.41) is 0. The largest absolute Gasteiger partial charge is 0.490 e. The molecule has 1 aliphatic rings. The Morgan fingerprint density at radius 2 is 1.82 bits per heavy atom. The van der Waals surface area contributed by atoms with Crippen LogP contribution in [0, 0.1) is 0 Å². The lowest BCUT2D eigenvalue weighted by atomic mass is 10.1. The smallest absolute Gasteiger partial charge is 0.300 e. The molecule has 1 aliphatic heterocycles. The van der Waals surface area contributed by atoms with Crippen molar-refractivity contribution in [2.45, 2.75) is 12.8 Å². The Balaban J connectivity index is 2.42. The van der Waals surface area contributed by atoms with E-state index >= 15 is 0 Å². The highest BCUT2D eigenvalue weighted by molar-refractivity contribution is 9.10. The fourth-order valence-electron chi connectivity index (χ4n) is 1.49. The van der Waals surface area contributed by atoms with E-state index in [4.69, 9.17) is 9.47 Å². The zero-order chi connectivity index (χ0) is 12.4. The van der Waals surface area contributed by atoms with Crippen LogP contribution in [0.4, 0.5) is 8.78 Å². The van der Waals surface area contributed by atoms with Crippen molar-refractivity contribution in [2.24, 2.45) is 0 Å². The summed E-state index contributed by atoms with van der Waals surface area (Å²) in [7, 11) is 0. The molecule has 0 bridgehead atoms. The summed E-state index contributed by atoms with van der Waals surface area (Å²) in [6, 6.07) is 2.77. The molecule has 2 rings (SSSR count). The van der Waals surface area contributed by atoms with Gasteiger partial charge in [-0.3, -0.25) is 4.79 Å². The molecule has 1 aromatic rings. The van der Waals surface area contributed by atoms with Gasteiger partial charge in [0.25, 0.3) is 0 Å². The van der Waals surface area contributed by atoms with Gasteiger partial charge >= 0.3 is 6.43 Å². The number of ketones is 1. The average Bonchev–Trinajstić information content (AvgIpc) is 2.51. The van der Waals surface area contributed by atoms with Crippen LogP contribution >= 0.6 is 15.9 Å². The van der Waals surface area contributed by atoms with E-state index in [2.05, 4.69) is 15.9 Å². The Labute approximate surface area is 105 Å². The molecule has 0 atom stereocenters. The highest BCUT2D eigenvalue weighted by Gasteiger charge is 2.23. The first-order chi connectivity index (χ1) is 8.09.